The maximum atomic E-state index is 15.3. The Balaban J connectivity index is 1.36. The highest BCUT2D eigenvalue weighted by molar-refractivity contribution is 7.81. The van der Waals surface area contributed by atoms with Crippen molar-refractivity contribution in [1.29, 1.82) is 5.26 Å². The lowest BCUT2D eigenvalue weighted by atomic mass is 10.0. The van der Waals surface area contributed by atoms with Crippen LogP contribution in [0.1, 0.15) is 32.3 Å². The van der Waals surface area contributed by atoms with Gasteiger partial charge in [0.2, 0.25) is 0 Å². The van der Waals surface area contributed by atoms with Crippen LogP contribution in [0, 0.1) is 17.1 Å². The minimum atomic E-state index is -1.11. The Bertz CT molecular complexity index is 1480. The van der Waals surface area contributed by atoms with Gasteiger partial charge >= 0.3 is 0 Å². The molecule has 3 aromatic rings. The van der Waals surface area contributed by atoms with Gasteiger partial charge in [0.05, 0.1) is 35.9 Å². The second-order valence-electron chi connectivity index (χ2n) is 10.5. The van der Waals surface area contributed by atoms with Crippen molar-refractivity contribution in [2.45, 2.75) is 38.3 Å². The summed E-state index contributed by atoms with van der Waals surface area (Å²) >= 11 is 5.68. The number of rotatable bonds is 6. The van der Waals surface area contributed by atoms with Crippen LogP contribution in [-0.4, -0.2) is 59.8 Å². The van der Waals surface area contributed by atoms with Gasteiger partial charge in [-0.05, 0) is 94.5 Å². The number of ether oxygens (including phenoxy) is 2. The number of thiocarbonyl (C=S) groups is 1. The monoisotopic (exact) mass is 559 g/mol. The first kappa shape index (κ1) is 27.5. The Morgan fingerprint density at radius 1 is 1.10 bits per heavy atom. The van der Waals surface area contributed by atoms with E-state index in [1.165, 1.54) is 19.2 Å². The molecule has 2 aromatic carbocycles. The van der Waals surface area contributed by atoms with Gasteiger partial charge in [-0.3, -0.25) is 14.7 Å². The number of nitrogens with zero attached hydrogens (tertiary/aromatic N) is 5. The molecule has 2 aliphatic heterocycles. The largest absolute Gasteiger partial charge is 0.492 e. The first-order valence-corrected chi connectivity index (χ1v) is 13.4. The highest BCUT2D eigenvalue weighted by atomic mass is 32.1. The summed E-state index contributed by atoms with van der Waals surface area (Å²) in [6, 6.07) is 16.2. The van der Waals surface area contributed by atoms with Crippen LogP contribution in [0.5, 0.6) is 11.5 Å². The van der Waals surface area contributed by atoms with E-state index in [9.17, 15) is 10.1 Å². The normalized spacial score (nSPS) is 17.7. The lowest BCUT2D eigenvalue weighted by Gasteiger charge is -2.29. The number of likely N-dealkylation sites (tertiary alicyclic amines) is 1. The molecule has 0 unspecified atom stereocenters. The van der Waals surface area contributed by atoms with Crippen molar-refractivity contribution in [2.24, 2.45) is 0 Å². The fourth-order valence-corrected chi connectivity index (χ4v) is 5.65. The first-order chi connectivity index (χ1) is 19.1. The van der Waals surface area contributed by atoms with E-state index in [-0.39, 0.29) is 28.2 Å². The van der Waals surface area contributed by atoms with Gasteiger partial charge in [0, 0.05) is 18.7 Å². The quantitative estimate of drug-likeness (QED) is 0.383. The molecule has 0 saturated carbocycles. The van der Waals surface area contributed by atoms with Crippen LogP contribution in [-0.2, 0) is 4.79 Å². The highest BCUT2D eigenvalue weighted by Gasteiger charge is 2.51. The summed E-state index contributed by atoms with van der Waals surface area (Å²) in [7, 11) is 3.40. The van der Waals surface area contributed by atoms with Crippen LogP contribution in [0.3, 0.4) is 0 Å². The van der Waals surface area contributed by atoms with E-state index in [2.05, 4.69) is 16.9 Å². The number of carbonyl (C=O) groups excluding carboxylic acids is 1. The third-order valence-corrected chi connectivity index (χ3v) is 7.80. The van der Waals surface area contributed by atoms with Crippen molar-refractivity contribution in [2.75, 3.05) is 37.0 Å². The molecule has 0 N–H and O–H groups in total. The number of hydrogen-bond donors (Lipinski definition) is 0. The average Bonchev–Trinajstić information content (AvgIpc) is 3.13. The van der Waals surface area contributed by atoms with Crippen molar-refractivity contribution in [3.05, 3.63) is 66.1 Å². The minimum absolute atomic E-state index is 0.0265. The molecule has 40 heavy (non-hydrogen) atoms. The SMILES string of the molecule is COc1c(C#N)ccc(N2C(=O)C(C)(C)N(c3ccc(-c4ccc(OC5CCN(C)CC5)cc4)nc3)C2=S)c1F. The minimum Gasteiger partial charge on any atom is -0.492 e. The topological polar surface area (TPSA) is 81.9 Å². The Kier molecular flexibility index (Phi) is 7.45. The third-order valence-electron chi connectivity index (χ3n) is 7.43. The van der Waals surface area contributed by atoms with E-state index in [1.807, 2.05) is 42.5 Å². The highest BCUT2D eigenvalue weighted by Crippen LogP contribution is 2.40. The van der Waals surface area contributed by atoms with Crippen LogP contribution in [0.4, 0.5) is 15.8 Å². The molecule has 0 radical (unpaired) electrons. The van der Waals surface area contributed by atoms with Crippen molar-refractivity contribution in [1.82, 2.24) is 9.88 Å². The zero-order valence-electron chi connectivity index (χ0n) is 22.8. The Morgan fingerprint density at radius 3 is 2.40 bits per heavy atom. The molecular formula is C30H30FN5O3S. The molecule has 2 fully saturated rings. The van der Waals surface area contributed by atoms with Gasteiger partial charge < -0.3 is 19.3 Å². The van der Waals surface area contributed by atoms with Crippen molar-refractivity contribution in [3.8, 4) is 28.8 Å². The van der Waals surface area contributed by atoms with Gasteiger partial charge in [-0.2, -0.15) is 5.26 Å². The Labute approximate surface area is 238 Å². The molecule has 2 saturated heterocycles. The van der Waals surface area contributed by atoms with Gasteiger partial charge in [-0.15, -0.1) is 0 Å². The predicted molar refractivity (Wildman–Crippen MR) is 155 cm³/mol. The van der Waals surface area contributed by atoms with Gasteiger partial charge in [0.25, 0.3) is 5.91 Å². The number of hydrogen-bond acceptors (Lipinski definition) is 7. The predicted octanol–water partition coefficient (Wildman–Crippen LogP) is 5.16. The number of pyridine rings is 1. The smallest absolute Gasteiger partial charge is 0.259 e. The Hall–Kier alpha value is -4.07. The zero-order chi connectivity index (χ0) is 28.6. The Morgan fingerprint density at radius 2 is 1.80 bits per heavy atom. The third kappa shape index (κ3) is 4.87. The number of amides is 1. The number of carbonyl (C=O) groups is 1. The fraction of sp³-hybridized carbons (Fsp3) is 0.333. The number of aromatic nitrogens is 1. The van der Waals surface area contributed by atoms with E-state index in [1.54, 1.807) is 24.9 Å². The van der Waals surface area contributed by atoms with Gasteiger partial charge in [-0.1, -0.05) is 0 Å². The van der Waals surface area contributed by atoms with Crippen LogP contribution in [0.15, 0.2) is 54.7 Å². The maximum Gasteiger partial charge on any atom is 0.259 e. The van der Waals surface area contributed by atoms with Crippen LogP contribution >= 0.6 is 12.2 Å². The van der Waals surface area contributed by atoms with Gasteiger partial charge in [0.15, 0.2) is 16.7 Å². The summed E-state index contributed by atoms with van der Waals surface area (Å²) in [5.74, 6) is -0.635. The molecule has 1 aromatic heterocycles. The van der Waals surface area contributed by atoms with Crippen LogP contribution < -0.4 is 19.3 Å². The molecule has 206 valence electrons. The first-order valence-electron chi connectivity index (χ1n) is 13.0. The van der Waals surface area contributed by atoms with Crippen LogP contribution in [0.25, 0.3) is 11.3 Å². The van der Waals surface area contributed by atoms with E-state index >= 15 is 4.39 Å². The number of methoxy groups -OCH3 is 1. The summed E-state index contributed by atoms with van der Waals surface area (Å²) in [5, 5.41) is 9.38. The van der Waals surface area contributed by atoms with Crippen molar-refractivity contribution in [3.63, 3.8) is 0 Å². The number of nitriles is 1. The van der Waals surface area contributed by atoms with Crippen molar-refractivity contribution < 1.29 is 18.7 Å². The molecule has 8 nitrogen and oxygen atoms in total. The zero-order valence-corrected chi connectivity index (χ0v) is 23.7. The molecular weight excluding hydrogens is 529 g/mol. The molecule has 0 bridgehead atoms. The number of benzene rings is 2. The number of anilines is 2. The lowest BCUT2D eigenvalue weighted by Crippen LogP contribution is -2.44. The van der Waals surface area contributed by atoms with E-state index in [0.717, 1.165) is 47.8 Å². The number of halogens is 1. The molecule has 2 aliphatic rings. The molecule has 0 atom stereocenters. The summed E-state index contributed by atoms with van der Waals surface area (Å²) in [5.41, 5.74) is 1.12. The van der Waals surface area contributed by atoms with Crippen molar-refractivity contribution >= 4 is 34.6 Å². The fourth-order valence-electron chi connectivity index (χ4n) is 5.14. The summed E-state index contributed by atoms with van der Waals surface area (Å²) in [6.07, 6.45) is 3.91. The maximum absolute atomic E-state index is 15.3. The molecule has 5 rings (SSSR count). The lowest BCUT2D eigenvalue weighted by molar-refractivity contribution is -0.120. The molecule has 3 heterocycles. The molecule has 0 aliphatic carbocycles. The molecule has 1 amide bonds. The summed E-state index contributed by atoms with van der Waals surface area (Å²) in [6.45, 7) is 5.52. The number of piperidine rings is 1. The van der Waals surface area contributed by atoms with Gasteiger partial charge in [-0.25, -0.2) is 4.39 Å². The van der Waals surface area contributed by atoms with Gasteiger partial charge in [0.1, 0.15) is 23.5 Å². The molecule has 10 heteroatoms. The van der Waals surface area contributed by atoms with Crippen LogP contribution in [0.2, 0.25) is 0 Å². The van der Waals surface area contributed by atoms with E-state index in [4.69, 9.17) is 21.7 Å². The second kappa shape index (κ2) is 10.8. The molecule has 0 spiro atoms. The summed E-state index contributed by atoms with van der Waals surface area (Å²) < 4.78 is 26.6. The standard InChI is InChI=1S/C30H30FN5O3S/c1-30(2)28(37)35(25-12-7-20(17-32)27(38-4)26(25)31)29(40)36(30)21-8-11-24(33-18-21)19-5-9-22(10-6-19)39-23-13-15-34(3)16-14-23/h5-12,18,23H,13-16H2,1-4H3. The second-order valence-corrected chi connectivity index (χ2v) is 10.8. The summed E-state index contributed by atoms with van der Waals surface area (Å²) in [4.78, 5) is 23.2. The van der Waals surface area contributed by atoms with E-state index < -0.39 is 17.3 Å². The van der Waals surface area contributed by atoms with E-state index in [0.29, 0.717) is 5.69 Å². The average molecular weight is 560 g/mol.